The lowest BCUT2D eigenvalue weighted by Gasteiger charge is -2.37. The normalized spacial score (nSPS) is 21.1. The van der Waals surface area contributed by atoms with Crippen LogP contribution in [0.15, 0.2) is 34.5 Å². The van der Waals surface area contributed by atoms with E-state index < -0.39 is 20.2 Å². The Balaban J connectivity index is 2.36. The second kappa shape index (κ2) is 6.45. The van der Waals surface area contributed by atoms with Crippen LogP contribution in [0.5, 0.6) is 5.75 Å². The number of benzene rings is 1. The van der Waals surface area contributed by atoms with Crippen LogP contribution >= 0.6 is 15.9 Å². The summed E-state index contributed by atoms with van der Waals surface area (Å²) in [6, 6.07) is 6.79. The van der Waals surface area contributed by atoms with E-state index in [1.165, 1.54) is 0 Å². The minimum atomic E-state index is -2.87. The first-order chi connectivity index (χ1) is 10.9. The molecule has 0 amide bonds. The van der Waals surface area contributed by atoms with Crippen LogP contribution in [0, 0.1) is 0 Å². The van der Waals surface area contributed by atoms with Crippen LogP contribution in [0.4, 0.5) is 8.78 Å². The molecule has 0 bridgehead atoms. The highest BCUT2D eigenvalue weighted by Gasteiger charge is 2.52. The van der Waals surface area contributed by atoms with Crippen LogP contribution in [-0.4, -0.2) is 21.3 Å². The minimum Gasteiger partial charge on any atom is -0.546 e. The molecule has 0 fully saturated rings. The quantitative estimate of drug-likeness (QED) is 0.523. The Morgan fingerprint density at radius 3 is 2.17 bits per heavy atom. The van der Waals surface area contributed by atoms with E-state index in [1.807, 2.05) is 0 Å². The Morgan fingerprint density at radius 2 is 1.71 bits per heavy atom. The first-order valence-corrected chi connectivity index (χ1v) is 11.7. The fourth-order valence-electron chi connectivity index (χ4n) is 2.48. The SMILES string of the molecule is COc1ccc(C2C(Br)=C(O[Si](C)(C)C(C)(C)C)CC2(F)F)cc1. The topological polar surface area (TPSA) is 18.5 Å². The third-order valence-corrected chi connectivity index (χ3v) is 10.2. The molecule has 2 rings (SSSR count). The van der Waals surface area contributed by atoms with Gasteiger partial charge in [0.15, 0.2) is 0 Å². The Morgan fingerprint density at radius 1 is 1.17 bits per heavy atom. The van der Waals surface area contributed by atoms with Crippen molar-refractivity contribution in [2.75, 3.05) is 7.11 Å². The van der Waals surface area contributed by atoms with Crippen molar-refractivity contribution in [3.05, 3.63) is 40.1 Å². The Hall–Kier alpha value is -0.883. The van der Waals surface area contributed by atoms with Gasteiger partial charge in [0.1, 0.15) is 5.75 Å². The monoisotopic (exact) mass is 418 g/mol. The molecule has 0 radical (unpaired) electrons. The van der Waals surface area contributed by atoms with Gasteiger partial charge in [-0.05, 0) is 35.8 Å². The zero-order valence-corrected chi connectivity index (χ0v) is 17.6. The van der Waals surface area contributed by atoms with Crippen molar-refractivity contribution < 1.29 is 17.9 Å². The molecule has 0 saturated carbocycles. The van der Waals surface area contributed by atoms with E-state index in [2.05, 4.69) is 49.8 Å². The highest BCUT2D eigenvalue weighted by Crippen LogP contribution is 2.54. The molecule has 1 aromatic carbocycles. The fraction of sp³-hybridized carbons (Fsp3) is 0.556. The Bertz CT molecular complexity index is 633. The minimum absolute atomic E-state index is 0.0409. The standard InChI is InChI=1S/C18H25BrF2O2Si/c1-17(2,3)24(5,6)23-14-11-18(20,21)15(16(14)19)12-7-9-13(22-4)10-8-12/h7-10,15H,11H2,1-6H3. The van der Waals surface area contributed by atoms with Gasteiger partial charge in [0.05, 0.1) is 25.2 Å². The summed E-state index contributed by atoms with van der Waals surface area (Å²) in [5, 5.41) is -0.0409. The predicted molar refractivity (Wildman–Crippen MR) is 99.5 cm³/mol. The molecule has 0 aliphatic heterocycles. The fourth-order valence-corrected chi connectivity index (χ4v) is 4.55. The first kappa shape index (κ1) is 19.4. The van der Waals surface area contributed by atoms with E-state index in [0.29, 0.717) is 21.6 Å². The van der Waals surface area contributed by atoms with Crippen molar-refractivity contribution in [2.24, 2.45) is 0 Å². The van der Waals surface area contributed by atoms with Crippen LogP contribution < -0.4 is 4.74 Å². The Kier molecular flexibility index (Phi) is 5.22. The van der Waals surface area contributed by atoms with Gasteiger partial charge in [-0.3, -0.25) is 0 Å². The zero-order valence-electron chi connectivity index (χ0n) is 15.0. The van der Waals surface area contributed by atoms with Crippen molar-refractivity contribution in [3.63, 3.8) is 0 Å². The smallest absolute Gasteiger partial charge is 0.266 e. The lowest BCUT2D eigenvalue weighted by atomic mass is 9.95. The highest BCUT2D eigenvalue weighted by atomic mass is 79.9. The molecule has 134 valence electrons. The van der Waals surface area contributed by atoms with Crippen molar-refractivity contribution in [2.45, 2.75) is 57.2 Å². The lowest BCUT2D eigenvalue weighted by Crippen LogP contribution is -2.40. The van der Waals surface area contributed by atoms with Crippen LogP contribution in [0.25, 0.3) is 0 Å². The van der Waals surface area contributed by atoms with Gasteiger partial charge >= 0.3 is 0 Å². The van der Waals surface area contributed by atoms with Crippen LogP contribution in [0.3, 0.4) is 0 Å². The average molecular weight is 419 g/mol. The van der Waals surface area contributed by atoms with E-state index in [4.69, 9.17) is 9.16 Å². The predicted octanol–water partition coefficient (Wildman–Crippen LogP) is 6.45. The van der Waals surface area contributed by atoms with E-state index in [0.717, 1.165) is 0 Å². The number of rotatable bonds is 4. The van der Waals surface area contributed by atoms with Gasteiger partial charge in [-0.15, -0.1) is 0 Å². The molecule has 2 nitrogen and oxygen atoms in total. The Labute approximate surface area is 152 Å². The number of allylic oxidation sites excluding steroid dienone is 2. The van der Waals surface area contributed by atoms with Crippen LogP contribution in [-0.2, 0) is 4.43 Å². The summed E-state index contributed by atoms with van der Waals surface area (Å²) < 4.78 is 41.1. The largest absolute Gasteiger partial charge is 0.546 e. The van der Waals surface area contributed by atoms with E-state index in [1.54, 1.807) is 31.4 Å². The van der Waals surface area contributed by atoms with Gasteiger partial charge in [0.25, 0.3) is 5.92 Å². The molecule has 0 saturated heterocycles. The van der Waals surface area contributed by atoms with E-state index in [-0.39, 0.29) is 11.5 Å². The molecule has 1 aliphatic rings. The van der Waals surface area contributed by atoms with Crippen molar-refractivity contribution in [1.29, 1.82) is 0 Å². The molecule has 1 aliphatic carbocycles. The molecule has 0 heterocycles. The third-order valence-electron chi connectivity index (χ3n) is 4.97. The number of hydrogen-bond acceptors (Lipinski definition) is 2. The van der Waals surface area contributed by atoms with Gasteiger partial charge in [0, 0.05) is 4.48 Å². The van der Waals surface area contributed by atoms with Gasteiger partial charge in [0.2, 0.25) is 8.32 Å². The second-order valence-corrected chi connectivity index (χ2v) is 13.4. The van der Waals surface area contributed by atoms with E-state index in [9.17, 15) is 8.78 Å². The van der Waals surface area contributed by atoms with E-state index >= 15 is 0 Å². The molecule has 0 aromatic heterocycles. The molecule has 6 heteroatoms. The van der Waals surface area contributed by atoms with Crippen molar-refractivity contribution in [1.82, 2.24) is 0 Å². The third kappa shape index (κ3) is 3.69. The first-order valence-electron chi connectivity index (χ1n) is 7.98. The van der Waals surface area contributed by atoms with Crippen LogP contribution in [0.2, 0.25) is 18.1 Å². The number of hydrogen-bond donors (Lipinski definition) is 0. The molecular formula is C18H25BrF2O2Si. The number of halogens is 3. The maximum atomic E-state index is 14.7. The summed E-state index contributed by atoms with van der Waals surface area (Å²) in [7, 11) is -0.605. The maximum Gasteiger partial charge on any atom is 0.266 e. The van der Waals surface area contributed by atoms with Crippen molar-refractivity contribution in [3.8, 4) is 5.75 Å². The van der Waals surface area contributed by atoms with Crippen molar-refractivity contribution >= 4 is 24.2 Å². The molecule has 0 N–H and O–H groups in total. The molecule has 1 atom stereocenters. The number of methoxy groups -OCH3 is 1. The summed E-state index contributed by atoms with van der Waals surface area (Å²) in [5.74, 6) is -2.83. The summed E-state index contributed by atoms with van der Waals surface area (Å²) in [6.07, 6.45) is -0.364. The molecular weight excluding hydrogens is 394 g/mol. The van der Waals surface area contributed by atoms with Crippen LogP contribution in [0.1, 0.15) is 38.7 Å². The summed E-state index contributed by atoms with van der Waals surface area (Å²) >= 11 is 3.40. The molecule has 24 heavy (non-hydrogen) atoms. The number of ether oxygens (including phenoxy) is 1. The van der Waals surface area contributed by atoms with Gasteiger partial charge < -0.3 is 9.16 Å². The maximum absolute atomic E-state index is 14.7. The van der Waals surface area contributed by atoms with Gasteiger partial charge in [-0.25, -0.2) is 8.78 Å². The molecule has 1 aromatic rings. The summed E-state index contributed by atoms with van der Waals surface area (Å²) in [4.78, 5) is 0. The lowest BCUT2D eigenvalue weighted by molar-refractivity contribution is -0.00825. The summed E-state index contributed by atoms with van der Waals surface area (Å²) in [5.41, 5.74) is 0.557. The average Bonchev–Trinajstić information content (AvgIpc) is 2.66. The second-order valence-electron chi connectivity index (χ2n) is 7.78. The zero-order chi connectivity index (χ0) is 18.3. The molecule has 0 spiro atoms. The number of alkyl halides is 2. The summed E-state index contributed by atoms with van der Waals surface area (Å²) in [6.45, 7) is 10.4. The highest BCUT2D eigenvalue weighted by molar-refractivity contribution is 9.11. The molecule has 1 unspecified atom stereocenters. The van der Waals surface area contributed by atoms with Gasteiger partial charge in [-0.1, -0.05) is 48.8 Å². The van der Waals surface area contributed by atoms with Gasteiger partial charge in [-0.2, -0.15) is 0 Å².